The van der Waals surface area contributed by atoms with E-state index in [-0.39, 0.29) is 30.2 Å². The molecular formula is C10H18N2O7S2. The number of sulfone groups is 2. The number of nitrogens with zero attached hydrogens (tertiary/aromatic N) is 1. The van der Waals surface area contributed by atoms with Crippen LogP contribution in [0.25, 0.3) is 0 Å². The molecule has 0 spiro atoms. The van der Waals surface area contributed by atoms with Crippen LogP contribution in [0.5, 0.6) is 0 Å². The normalized spacial score (nSPS) is 20.9. The fourth-order valence-corrected chi connectivity index (χ4v) is 4.18. The third-order valence-corrected chi connectivity index (χ3v) is 5.66. The van der Waals surface area contributed by atoms with Crippen LogP contribution in [0, 0.1) is 0 Å². The van der Waals surface area contributed by atoms with E-state index in [9.17, 15) is 26.4 Å². The molecule has 1 aliphatic rings. The van der Waals surface area contributed by atoms with Crippen molar-refractivity contribution in [3.05, 3.63) is 0 Å². The molecule has 0 aliphatic carbocycles. The first-order chi connectivity index (χ1) is 9.50. The molecule has 0 saturated carbocycles. The summed E-state index contributed by atoms with van der Waals surface area (Å²) in [6.07, 6.45) is 1.19. The van der Waals surface area contributed by atoms with Gasteiger partial charge in [0, 0.05) is 18.8 Å². The maximum absolute atomic E-state index is 11.9. The smallest absolute Gasteiger partial charge is 0.323 e. The average Bonchev–Trinajstić information content (AvgIpc) is 2.64. The maximum atomic E-state index is 11.9. The van der Waals surface area contributed by atoms with E-state index in [1.165, 1.54) is 0 Å². The third kappa shape index (κ3) is 6.29. The number of aliphatic carboxylic acids is 1. The van der Waals surface area contributed by atoms with E-state index < -0.39 is 44.3 Å². The lowest BCUT2D eigenvalue weighted by Gasteiger charge is -2.26. The summed E-state index contributed by atoms with van der Waals surface area (Å²) in [6, 6.07) is -1.48. The number of nitrogens with one attached hydrogen (secondary N) is 1. The molecule has 2 amide bonds. The van der Waals surface area contributed by atoms with E-state index in [0.717, 1.165) is 11.2 Å². The highest BCUT2D eigenvalue weighted by atomic mass is 32.2. The number of amides is 2. The Bertz CT molecular complexity index is 611. The summed E-state index contributed by atoms with van der Waals surface area (Å²) in [5.41, 5.74) is 0. The summed E-state index contributed by atoms with van der Waals surface area (Å²) >= 11 is 0. The molecule has 1 fully saturated rings. The van der Waals surface area contributed by atoms with Crippen LogP contribution in [-0.2, 0) is 24.5 Å². The van der Waals surface area contributed by atoms with Crippen molar-refractivity contribution >= 4 is 31.7 Å². The van der Waals surface area contributed by atoms with Crippen molar-refractivity contribution in [1.82, 2.24) is 10.2 Å². The number of urea groups is 1. The molecule has 1 heterocycles. The van der Waals surface area contributed by atoms with Gasteiger partial charge in [-0.1, -0.05) is 0 Å². The van der Waals surface area contributed by atoms with Gasteiger partial charge in [-0.2, -0.15) is 0 Å². The molecule has 1 aliphatic heterocycles. The summed E-state index contributed by atoms with van der Waals surface area (Å²) in [5.74, 6) is -1.91. The lowest BCUT2D eigenvalue weighted by molar-refractivity contribution is -0.138. The highest BCUT2D eigenvalue weighted by molar-refractivity contribution is 7.91. The molecule has 0 aromatic rings. The molecule has 1 atom stereocenters. The molecule has 1 rings (SSSR count). The largest absolute Gasteiger partial charge is 0.480 e. The van der Waals surface area contributed by atoms with Crippen molar-refractivity contribution in [2.45, 2.75) is 12.5 Å². The molecule has 1 saturated heterocycles. The number of carboxylic acids is 1. The van der Waals surface area contributed by atoms with E-state index in [0.29, 0.717) is 0 Å². The van der Waals surface area contributed by atoms with Gasteiger partial charge >= 0.3 is 12.0 Å². The number of hydrogen-bond acceptors (Lipinski definition) is 6. The SMILES string of the molecule is CS(=O)(=O)CCNC(=O)N(CC(=O)O)C1CCS(=O)(=O)C1. The monoisotopic (exact) mass is 342 g/mol. The minimum absolute atomic E-state index is 0.0929. The predicted molar refractivity (Wildman–Crippen MR) is 74.5 cm³/mol. The lowest BCUT2D eigenvalue weighted by Crippen LogP contribution is -2.49. The fourth-order valence-electron chi connectivity index (χ4n) is 1.98. The second kappa shape index (κ2) is 6.60. The van der Waals surface area contributed by atoms with Gasteiger partial charge in [-0.3, -0.25) is 4.79 Å². The van der Waals surface area contributed by atoms with E-state index in [4.69, 9.17) is 5.11 Å². The topological polar surface area (TPSA) is 138 Å². The molecule has 11 heteroatoms. The summed E-state index contributed by atoms with van der Waals surface area (Å²) < 4.78 is 44.8. The van der Waals surface area contributed by atoms with Gasteiger partial charge in [0.25, 0.3) is 0 Å². The molecule has 0 bridgehead atoms. The number of rotatable bonds is 6. The summed E-state index contributed by atoms with van der Waals surface area (Å²) in [6.45, 7) is -0.794. The maximum Gasteiger partial charge on any atom is 0.323 e. The Kier molecular flexibility index (Phi) is 5.56. The molecule has 21 heavy (non-hydrogen) atoms. The molecule has 122 valence electrons. The molecular weight excluding hydrogens is 324 g/mol. The van der Waals surface area contributed by atoms with Gasteiger partial charge in [-0.05, 0) is 6.42 Å². The van der Waals surface area contributed by atoms with Crippen molar-refractivity contribution in [2.75, 3.05) is 36.6 Å². The Hall–Kier alpha value is -1.36. The van der Waals surface area contributed by atoms with Crippen molar-refractivity contribution in [3.8, 4) is 0 Å². The third-order valence-electron chi connectivity index (χ3n) is 2.96. The van der Waals surface area contributed by atoms with Crippen LogP contribution >= 0.6 is 0 Å². The van der Waals surface area contributed by atoms with Crippen molar-refractivity contribution in [3.63, 3.8) is 0 Å². The van der Waals surface area contributed by atoms with Gasteiger partial charge in [0.1, 0.15) is 16.4 Å². The second-order valence-electron chi connectivity index (χ2n) is 4.94. The molecule has 1 unspecified atom stereocenters. The van der Waals surface area contributed by atoms with Gasteiger partial charge in [0.2, 0.25) is 0 Å². The van der Waals surface area contributed by atoms with Crippen molar-refractivity contribution in [1.29, 1.82) is 0 Å². The van der Waals surface area contributed by atoms with Gasteiger partial charge in [0.15, 0.2) is 9.84 Å². The first-order valence-electron chi connectivity index (χ1n) is 6.14. The average molecular weight is 342 g/mol. The quantitative estimate of drug-likeness (QED) is 0.587. The minimum Gasteiger partial charge on any atom is -0.480 e. The van der Waals surface area contributed by atoms with Crippen LogP contribution in [0.4, 0.5) is 4.79 Å². The molecule has 9 nitrogen and oxygen atoms in total. The number of hydrogen-bond donors (Lipinski definition) is 2. The standard InChI is InChI=1S/C10H18N2O7S2/c1-20(16,17)5-3-11-10(15)12(6-9(13)14)8-2-4-21(18,19)7-8/h8H,2-7H2,1H3,(H,11,15)(H,13,14). The molecule has 0 radical (unpaired) electrons. The van der Waals surface area contributed by atoms with Crippen molar-refractivity contribution < 1.29 is 31.5 Å². The van der Waals surface area contributed by atoms with Gasteiger partial charge in [-0.25, -0.2) is 21.6 Å². The summed E-state index contributed by atoms with van der Waals surface area (Å²) in [7, 11) is -6.52. The van der Waals surface area contributed by atoms with E-state index in [1.807, 2.05) is 0 Å². The molecule has 0 aromatic heterocycles. The molecule has 0 aromatic carbocycles. The zero-order chi connectivity index (χ0) is 16.3. The number of carbonyl (C=O) groups excluding carboxylic acids is 1. The first-order valence-corrected chi connectivity index (χ1v) is 10.0. The summed E-state index contributed by atoms with van der Waals surface area (Å²) in [4.78, 5) is 23.6. The first kappa shape index (κ1) is 17.7. The van der Waals surface area contributed by atoms with E-state index in [1.54, 1.807) is 0 Å². The van der Waals surface area contributed by atoms with Crippen LogP contribution in [-0.4, -0.2) is 81.5 Å². The van der Waals surface area contributed by atoms with Crippen LogP contribution in [0.2, 0.25) is 0 Å². The molecule has 2 N–H and O–H groups in total. The highest BCUT2D eigenvalue weighted by Crippen LogP contribution is 2.17. The van der Waals surface area contributed by atoms with E-state index in [2.05, 4.69) is 5.32 Å². The van der Waals surface area contributed by atoms with Crippen LogP contribution < -0.4 is 5.32 Å². The lowest BCUT2D eigenvalue weighted by atomic mass is 10.2. The van der Waals surface area contributed by atoms with Crippen molar-refractivity contribution in [2.24, 2.45) is 0 Å². The second-order valence-corrected chi connectivity index (χ2v) is 9.43. The number of carboxylic acid groups (broad SMARTS) is 1. The highest BCUT2D eigenvalue weighted by Gasteiger charge is 2.35. The van der Waals surface area contributed by atoms with Gasteiger partial charge < -0.3 is 15.3 Å². The zero-order valence-corrected chi connectivity index (χ0v) is 13.1. The Balaban J connectivity index is 2.69. The minimum atomic E-state index is -3.26. The van der Waals surface area contributed by atoms with E-state index >= 15 is 0 Å². The Morgan fingerprint density at radius 1 is 1.38 bits per heavy atom. The van der Waals surface area contributed by atoms with Crippen LogP contribution in [0.1, 0.15) is 6.42 Å². The fraction of sp³-hybridized carbons (Fsp3) is 0.800. The summed E-state index contributed by atoms with van der Waals surface area (Å²) in [5, 5.41) is 11.1. The zero-order valence-electron chi connectivity index (χ0n) is 11.5. The Morgan fingerprint density at radius 2 is 2.00 bits per heavy atom. The Morgan fingerprint density at radius 3 is 2.43 bits per heavy atom. The Labute approximate surface area is 123 Å². The predicted octanol–water partition coefficient (Wildman–Crippen LogP) is -1.69. The van der Waals surface area contributed by atoms with Gasteiger partial charge in [-0.15, -0.1) is 0 Å². The van der Waals surface area contributed by atoms with Gasteiger partial charge in [0.05, 0.1) is 17.3 Å². The number of carbonyl (C=O) groups is 2. The van der Waals surface area contributed by atoms with Crippen LogP contribution in [0.15, 0.2) is 0 Å². The van der Waals surface area contributed by atoms with Crippen LogP contribution in [0.3, 0.4) is 0 Å².